The lowest BCUT2D eigenvalue weighted by Crippen LogP contribution is -2.13. The third-order valence-electron chi connectivity index (χ3n) is 3.03. The number of nitriles is 1. The van der Waals surface area contributed by atoms with E-state index in [1.54, 1.807) is 30.3 Å². The molecule has 126 valence electrons. The molecule has 1 N–H and O–H groups in total. The Morgan fingerprint density at radius 3 is 2.36 bits per heavy atom. The van der Waals surface area contributed by atoms with E-state index in [0.717, 1.165) is 12.1 Å². The molecule has 0 heterocycles. The molecule has 0 aromatic heterocycles. The van der Waals surface area contributed by atoms with Crippen molar-refractivity contribution in [2.45, 2.75) is 0 Å². The van der Waals surface area contributed by atoms with Gasteiger partial charge in [-0.1, -0.05) is 34.8 Å². The van der Waals surface area contributed by atoms with Crippen LogP contribution in [0.5, 0.6) is 0 Å². The molecular weight excluding hydrogens is 389 g/mol. The van der Waals surface area contributed by atoms with Crippen LogP contribution in [0.3, 0.4) is 0 Å². The molecule has 0 atom stereocenters. The summed E-state index contributed by atoms with van der Waals surface area (Å²) >= 11 is 17.5. The molecule has 2 aromatic rings. The van der Waals surface area contributed by atoms with Crippen molar-refractivity contribution in [3.05, 3.63) is 72.7 Å². The molecule has 0 saturated carbocycles. The van der Waals surface area contributed by atoms with E-state index in [1.807, 2.05) is 0 Å². The van der Waals surface area contributed by atoms with Crippen LogP contribution in [0.25, 0.3) is 6.08 Å². The topological polar surface area (TPSA) is 96.0 Å². The van der Waals surface area contributed by atoms with Crippen molar-refractivity contribution in [3.63, 3.8) is 0 Å². The normalized spacial score (nSPS) is 10.9. The summed E-state index contributed by atoms with van der Waals surface area (Å²) in [6.07, 6.45) is 1.15. The average Bonchev–Trinajstić information content (AvgIpc) is 2.55. The van der Waals surface area contributed by atoms with Crippen LogP contribution >= 0.6 is 34.8 Å². The molecule has 6 nitrogen and oxygen atoms in total. The molecule has 25 heavy (non-hydrogen) atoms. The summed E-state index contributed by atoms with van der Waals surface area (Å²) in [6, 6.07) is 10.3. The van der Waals surface area contributed by atoms with E-state index in [1.165, 1.54) is 6.07 Å². The number of nitrogens with one attached hydrogen (secondary N) is 1. The number of hydrogen-bond acceptors (Lipinski definition) is 4. The van der Waals surface area contributed by atoms with Crippen molar-refractivity contribution >= 4 is 58.2 Å². The molecule has 0 aliphatic carbocycles. The Labute approximate surface area is 157 Å². The molecule has 0 aliphatic heterocycles. The SMILES string of the molecule is N#C/C(=C\c1cc([N+](=O)[O-])c(Cl)cc1Cl)C(=O)Nc1ccc(Cl)cc1. The minimum absolute atomic E-state index is 0.0719. The van der Waals surface area contributed by atoms with E-state index in [0.29, 0.717) is 10.7 Å². The van der Waals surface area contributed by atoms with Gasteiger partial charge in [-0.2, -0.15) is 5.26 Å². The molecule has 2 aromatic carbocycles. The first-order valence-corrected chi connectivity index (χ1v) is 7.77. The number of amides is 1. The quantitative estimate of drug-likeness (QED) is 0.336. The van der Waals surface area contributed by atoms with E-state index in [-0.39, 0.29) is 26.9 Å². The molecule has 2 rings (SSSR count). The van der Waals surface area contributed by atoms with Crippen molar-refractivity contribution in [2.24, 2.45) is 0 Å². The van der Waals surface area contributed by atoms with Crippen LogP contribution in [0.1, 0.15) is 5.56 Å². The van der Waals surface area contributed by atoms with Gasteiger partial charge in [-0.3, -0.25) is 14.9 Å². The lowest BCUT2D eigenvalue weighted by molar-refractivity contribution is -0.384. The predicted molar refractivity (Wildman–Crippen MR) is 96.8 cm³/mol. The number of halogens is 3. The van der Waals surface area contributed by atoms with Crippen LogP contribution in [0.4, 0.5) is 11.4 Å². The van der Waals surface area contributed by atoms with Gasteiger partial charge in [0.25, 0.3) is 11.6 Å². The van der Waals surface area contributed by atoms with E-state index >= 15 is 0 Å². The summed E-state index contributed by atoms with van der Waals surface area (Å²) in [5.41, 5.74) is -0.106. The highest BCUT2D eigenvalue weighted by atomic mass is 35.5. The van der Waals surface area contributed by atoms with Gasteiger partial charge in [0.2, 0.25) is 0 Å². The Hall–Kier alpha value is -2.59. The van der Waals surface area contributed by atoms with Gasteiger partial charge in [-0.15, -0.1) is 0 Å². The fraction of sp³-hybridized carbons (Fsp3) is 0. The molecule has 9 heteroatoms. The summed E-state index contributed by atoms with van der Waals surface area (Å²) in [4.78, 5) is 22.5. The molecule has 0 bridgehead atoms. The van der Waals surface area contributed by atoms with Crippen LogP contribution < -0.4 is 5.32 Å². The maximum Gasteiger partial charge on any atom is 0.288 e. The Bertz CT molecular complexity index is 919. The standard InChI is InChI=1S/C16H8Cl3N3O3/c17-11-1-3-12(4-2-11)21-16(23)10(8-20)5-9-6-15(22(24)25)14(19)7-13(9)18/h1-7H,(H,21,23)/b10-5+. The Balaban J connectivity index is 2.35. The lowest BCUT2D eigenvalue weighted by Gasteiger charge is -2.05. The van der Waals surface area contributed by atoms with Crippen LogP contribution in [0.2, 0.25) is 15.1 Å². The van der Waals surface area contributed by atoms with Gasteiger partial charge < -0.3 is 5.32 Å². The van der Waals surface area contributed by atoms with Gasteiger partial charge in [-0.25, -0.2) is 0 Å². The monoisotopic (exact) mass is 395 g/mol. The maximum atomic E-state index is 12.2. The largest absolute Gasteiger partial charge is 0.321 e. The summed E-state index contributed by atoms with van der Waals surface area (Å²) in [5.74, 6) is -0.696. The fourth-order valence-corrected chi connectivity index (χ4v) is 2.47. The van der Waals surface area contributed by atoms with Crippen molar-refractivity contribution in [3.8, 4) is 6.07 Å². The second-order valence-electron chi connectivity index (χ2n) is 4.71. The van der Waals surface area contributed by atoms with Gasteiger partial charge >= 0.3 is 0 Å². The zero-order valence-corrected chi connectivity index (χ0v) is 14.6. The summed E-state index contributed by atoms with van der Waals surface area (Å²) in [5, 5.41) is 23.1. The summed E-state index contributed by atoms with van der Waals surface area (Å²) in [6.45, 7) is 0. The summed E-state index contributed by atoms with van der Waals surface area (Å²) < 4.78 is 0. The molecule has 0 saturated heterocycles. The van der Waals surface area contributed by atoms with Crippen LogP contribution in [-0.2, 0) is 4.79 Å². The van der Waals surface area contributed by atoms with E-state index in [2.05, 4.69) is 5.32 Å². The Morgan fingerprint density at radius 1 is 1.16 bits per heavy atom. The Morgan fingerprint density at radius 2 is 1.80 bits per heavy atom. The van der Waals surface area contributed by atoms with Crippen LogP contribution in [0, 0.1) is 21.4 Å². The molecule has 0 unspecified atom stereocenters. The second kappa shape index (κ2) is 7.99. The van der Waals surface area contributed by atoms with E-state index in [4.69, 9.17) is 34.8 Å². The number of nitro groups is 1. The van der Waals surface area contributed by atoms with Crippen LogP contribution in [-0.4, -0.2) is 10.8 Å². The number of nitrogens with zero attached hydrogens (tertiary/aromatic N) is 2. The fourth-order valence-electron chi connectivity index (χ4n) is 1.84. The van der Waals surface area contributed by atoms with Crippen molar-refractivity contribution < 1.29 is 9.72 Å². The molecule has 1 amide bonds. The first-order chi connectivity index (χ1) is 11.8. The number of anilines is 1. The molecule has 0 spiro atoms. The third-order valence-corrected chi connectivity index (χ3v) is 3.91. The minimum atomic E-state index is -0.696. The first-order valence-electron chi connectivity index (χ1n) is 6.64. The number of rotatable bonds is 4. The number of carbonyl (C=O) groups is 1. The number of nitro benzene ring substituents is 1. The van der Waals surface area contributed by atoms with Gasteiger partial charge in [0.15, 0.2) is 0 Å². The number of benzene rings is 2. The first kappa shape index (κ1) is 18.7. The van der Waals surface area contributed by atoms with Crippen LogP contribution in [0.15, 0.2) is 42.0 Å². The average molecular weight is 397 g/mol. The smallest absolute Gasteiger partial charge is 0.288 e. The zero-order valence-electron chi connectivity index (χ0n) is 12.3. The minimum Gasteiger partial charge on any atom is -0.321 e. The van der Waals surface area contributed by atoms with Gasteiger partial charge in [0, 0.05) is 27.4 Å². The van der Waals surface area contributed by atoms with Crippen molar-refractivity contribution in [1.29, 1.82) is 5.26 Å². The Kier molecular flexibility index (Phi) is 5.99. The predicted octanol–water partition coefficient (Wildman–Crippen LogP) is 5.10. The van der Waals surface area contributed by atoms with Crippen molar-refractivity contribution in [1.82, 2.24) is 0 Å². The zero-order chi connectivity index (χ0) is 18.6. The number of hydrogen-bond donors (Lipinski definition) is 1. The maximum absolute atomic E-state index is 12.2. The highest BCUT2D eigenvalue weighted by Gasteiger charge is 2.17. The van der Waals surface area contributed by atoms with Gasteiger partial charge in [0.05, 0.1) is 4.92 Å². The second-order valence-corrected chi connectivity index (χ2v) is 5.96. The lowest BCUT2D eigenvalue weighted by atomic mass is 10.1. The third kappa shape index (κ3) is 4.70. The molecule has 0 radical (unpaired) electrons. The summed E-state index contributed by atoms with van der Waals surface area (Å²) in [7, 11) is 0. The van der Waals surface area contributed by atoms with Gasteiger partial charge in [-0.05, 0) is 36.4 Å². The molecular formula is C16H8Cl3N3O3. The highest BCUT2D eigenvalue weighted by Crippen LogP contribution is 2.32. The molecule has 0 aliphatic rings. The number of carbonyl (C=O) groups excluding carboxylic acids is 1. The molecule has 0 fully saturated rings. The highest BCUT2D eigenvalue weighted by molar-refractivity contribution is 6.37. The van der Waals surface area contributed by atoms with E-state index in [9.17, 15) is 20.2 Å². The van der Waals surface area contributed by atoms with E-state index < -0.39 is 10.8 Å². The van der Waals surface area contributed by atoms with Gasteiger partial charge in [0.1, 0.15) is 16.7 Å². The van der Waals surface area contributed by atoms with Crippen molar-refractivity contribution in [2.75, 3.05) is 5.32 Å².